The summed E-state index contributed by atoms with van der Waals surface area (Å²) in [6.45, 7) is 1.01. The minimum absolute atomic E-state index is 0.364. The lowest BCUT2D eigenvalue weighted by atomic mass is 9.93. The minimum Gasteiger partial charge on any atom is -0.356 e. The Morgan fingerprint density at radius 3 is 3.06 bits per heavy atom. The number of rotatable bonds is 1. The summed E-state index contributed by atoms with van der Waals surface area (Å²) in [5.41, 5.74) is 0.567. The Balaban J connectivity index is 1.92. The van der Waals surface area contributed by atoms with Crippen molar-refractivity contribution in [2.75, 3.05) is 17.2 Å². The average Bonchev–Trinajstić information content (AvgIpc) is 2.79. The first-order valence-electron chi connectivity index (χ1n) is 6.25. The number of hydrogen-bond donors (Lipinski definition) is 0. The Bertz CT molecular complexity index is 480. The summed E-state index contributed by atoms with van der Waals surface area (Å²) in [6, 6.07) is 2.77. The predicted molar refractivity (Wildman–Crippen MR) is 77.7 cm³/mol. The van der Waals surface area contributed by atoms with E-state index >= 15 is 0 Å². The van der Waals surface area contributed by atoms with Gasteiger partial charge in [-0.2, -0.15) is 21.4 Å². The van der Waals surface area contributed by atoms with Crippen molar-refractivity contribution in [3.8, 4) is 6.07 Å². The van der Waals surface area contributed by atoms with E-state index in [9.17, 15) is 5.26 Å². The summed E-state index contributed by atoms with van der Waals surface area (Å²) < 4.78 is 4.14. The van der Waals surface area contributed by atoms with Gasteiger partial charge < -0.3 is 4.90 Å². The average molecular weight is 300 g/mol. The topological polar surface area (TPSA) is 39.9 Å². The highest BCUT2D eigenvalue weighted by Gasteiger charge is 2.36. The monoisotopic (exact) mass is 299 g/mol. The number of nitrogens with zero attached hydrogens (tertiary/aromatic N) is 3. The molecule has 1 aromatic rings. The van der Waals surface area contributed by atoms with Gasteiger partial charge in [0.15, 0.2) is 5.15 Å². The Hall–Kier alpha value is -0.440. The first-order valence-corrected chi connectivity index (χ1v) is 8.45. The zero-order valence-corrected chi connectivity index (χ0v) is 12.3. The van der Waals surface area contributed by atoms with E-state index in [-0.39, 0.29) is 0 Å². The molecular formula is C12H14ClN3S2. The van der Waals surface area contributed by atoms with Crippen LogP contribution in [0, 0.1) is 11.3 Å². The van der Waals surface area contributed by atoms with Crippen LogP contribution in [0.4, 0.5) is 5.00 Å². The van der Waals surface area contributed by atoms with Crippen LogP contribution in [0.2, 0.25) is 5.15 Å². The zero-order valence-electron chi connectivity index (χ0n) is 9.93. The third-order valence-corrected chi connectivity index (χ3v) is 6.39. The van der Waals surface area contributed by atoms with Gasteiger partial charge in [0.05, 0.1) is 0 Å². The molecule has 6 heteroatoms. The van der Waals surface area contributed by atoms with Gasteiger partial charge in [-0.05, 0) is 24.4 Å². The van der Waals surface area contributed by atoms with Gasteiger partial charge >= 0.3 is 0 Å². The maximum Gasteiger partial charge on any atom is 0.162 e. The number of halogens is 1. The molecule has 2 heterocycles. The van der Waals surface area contributed by atoms with E-state index in [1.807, 2.05) is 0 Å². The quantitative estimate of drug-likeness (QED) is 0.795. The molecule has 3 rings (SSSR count). The van der Waals surface area contributed by atoms with E-state index in [4.69, 9.17) is 11.6 Å². The largest absolute Gasteiger partial charge is 0.356 e. The molecule has 1 saturated heterocycles. The molecule has 0 N–H and O–H groups in total. The highest BCUT2D eigenvalue weighted by Crippen LogP contribution is 2.41. The van der Waals surface area contributed by atoms with E-state index in [0.717, 1.165) is 22.5 Å². The maximum absolute atomic E-state index is 9.22. The fourth-order valence-electron chi connectivity index (χ4n) is 2.90. The second kappa shape index (κ2) is 5.28. The van der Waals surface area contributed by atoms with Gasteiger partial charge in [0.2, 0.25) is 0 Å². The number of aromatic nitrogens is 1. The molecule has 0 spiro atoms. The molecule has 1 aliphatic carbocycles. The van der Waals surface area contributed by atoms with Crippen LogP contribution in [0.3, 0.4) is 0 Å². The second-order valence-electron chi connectivity index (χ2n) is 4.72. The van der Waals surface area contributed by atoms with Crippen molar-refractivity contribution in [1.29, 1.82) is 5.26 Å². The van der Waals surface area contributed by atoms with Crippen molar-refractivity contribution in [2.45, 2.75) is 37.0 Å². The summed E-state index contributed by atoms with van der Waals surface area (Å²) in [6.07, 6.45) is 5.18. The molecule has 2 fully saturated rings. The predicted octanol–water partition coefficient (Wildman–Crippen LogP) is 3.53. The van der Waals surface area contributed by atoms with Gasteiger partial charge in [0.1, 0.15) is 16.6 Å². The number of anilines is 1. The first-order chi connectivity index (χ1) is 8.81. The zero-order chi connectivity index (χ0) is 12.5. The lowest BCUT2D eigenvalue weighted by Crippen LogP contribution is -2.49. The van der Waals surface area contributed by atoms with Crippen molar-refractivity contribution in [1.82, 2.24) is 4.37 Å². The van der Waals surface area contributed by atoms with Gasteiger partial charge in [-0.25, -0.2) is 0 Å². The molecule has 2 atom stereocenters. The standard InChI is InChI=1S/C12H14ClN3S2/c13-11-8(7-14)12(18-15-11)16-5-6-17-10-4-2-1-3-9(10)16/h9-10H,1-6H2. The summed E-state index contributed by atoms with van der Waals surface area (Å²) in [4.78, 5) is 2.39. The molecule has 0 bridgehead atoms. The molecule has 96 valence electrons. The molecule has 1 aromatic heterocycles. The van der Waals surface area contributed by atoms with E-state index in [0.29, 0.717) is 16.8 Å². The maximum atomic E-state index is 9.22. The van der Waals surface area contributed by atoms with Crippen molar-refractivity contribution < 1.29 is 0 Å². The number of nitriles is 1. The molecular weight excluding hydrogens is 286 g/mol. The fourth-order valence-corrected chi connectivity index (χ4v) is 5.46. The Morgan fingerprint density at radius 2 is 2.22 bits per heavy atom. The minimum atomic E-state index is 0.364. The summed E-state index contributed by atoms with van der Waals surface area (Å²) in [5, 5.41) is 11.3. The SMILES string of the molecule is N#Cc1c(Cl)nsc1N1CCSC2CCCCC21. The lowest BCUT2D eigenvalue weighted by Gasteiger charge is -2.44. The summed E-state index contributed by atoms with van der Waals surface area (Å²) in [5.74, 6) is 1.14. The highest BCUT2D eigenvalue weighted by atomic mass is 35.5. The van der Waals surface area contributed by atoms with Crippen molar-refractivity contribution in [3.63, 3.8) is 0 Å². The third-order valence-electron chi connectivity index (χ3n) is 3.74. The summed E-state index contributed by atoms with van der Waals surface area (Å²) in [7, 11) is 0. The van der Waals surface area contributed by atoms with E-state index in [1.165, 1.54) is 37.2 Å². The molecule has 18 heavy (non-hydrogen) atoms. The van der Waals surface area contributed by atoms with Crippen LogP contribution in [0.5, 0.6) is 0 Å². The van der Waals surface area contributed by atoms with Crippen molar-refractivity contribution in [2.24, 2.45) is 0 Å². The number of fused-ring (bicyclic) bond motifs is 1. The van der Waals surface area contributed by atoms with Crippen LogP contribution in [0.15, 0.2) is 0 Å². The van der Waals surface area contributed by atoms with Gasteiger partial charge in [-0.1, -0.05) is 24.4 Å². The van der Waals surface area contributed by atoms with E-state index in [2.05, 4.69) is 27.1 Å². The van der Waals surface area contributed by atoms with Crippen LogP contribution in [-0.2, 0) is 0 Å². The van der Waals surface area contributed by atoms with Crippen molar-refractivity contribution >= 4 is 39.9 Å². The third kappa shape index (κ3) is 2.11. The van der Waals surface area contributed by atoms with Crippen LogP contribution in [0.1, 0.15) is 31.2 Å². The molecule has 1 saturated carbocycles. The Kier molecular flexibility index (Phi) is 3.69. The molecule has 1 aliphatic heterocycles. The van der Waals surface area contributed by atoms with Crippen LogP contribution in [0.25, 0.3) is 0 Å². The van der Waals surface area contributed by atoms with Gasteiger partial charge in [0, 0.05) is 23.6 Å². The molecule has 2 aliphatic rings. The van der Waals surface area contributed by atoms with Gasteiger partial charge in [0.25, 0.3) is 0 Å². The Morgan fingerprint density at radius 1 is 1.39 bits per heavy atom. The molecule has 0 radical (unpaired) electrons. The molecule has 3 nitrogen and oxygen atoms in total. The molecule has 2 unspecified atom stereocenters. The Labute approximate surface area is 120 Å². The lowest BCUT2D eigenvalue weighted by molar-refractivity contribution is 0.423. The summed E-state index contributed by atoms with van der Waals surface area (Å²) >= 11 is 9.45. The number of hydrogen-bond acceptors (Lipinski definition) is 5. The fraction of sp³-hybridized carbons (Fsp3) is 0.667. The van der Waals surface area contributed by atoms with E-state index < -0.39 is 0 Å². The highest BCUT2D eigenvalue weighted by molar-refractivity contribution is 8.00. The smallest absolute Gasteiger partial charge is 0.162 e. The molecule has 0 amide bonds. The first kappa shape index (κ1) is 12.6. The van der Waals surface area contributed by atoms with Crippen LogP contribution in [-0.4, -0.2) is 28.0 Å². The molecule has 0 aromatic carbocycles. The normalized spacial score (nSPS) is 27.7. The van der Waals surface area contributed by atoms with Crippen molar-refractivity contribution in [3.05, 3.63) is 10.7 Å². The van der Waals surface area contributed by atoms with Crippen LogP contribution < -0.4 is 4.90 Å². The van der Waals surface area contributed by atoms with Crippen LogP contribution >= 0.6 is 34.9 Å². The van der Waals surface area contributed by atoms with Gasteiger partial charge in [-0.15, -0.1) is 0 Å². The number of thioether (sulfide) groups is 1. The van der Waals surface area contributed by atoms with Gasteiger partial charge in [-0.3, -0.25) is 0 Å². The van der Waals surface area contributed by atoms with E-state index in [1.54, 1.807) is 0 Å². The second-order valence-corrected chi connectivity index (χ2v) is 7.18.